The monoisotopic (exact) mass is 254 g/mol. The lowest BCUT2D eigenvalue weighted by molar-refractivity contribution is -0.128. The third-order valence-corrected chi connectivity index (χ3v) is 4.59. The number of aliphatic hydroxyl groups is 1. The van der Waals surface area contributed by atoms with Crippen molar-refractivity contribution in [3.8, 4) is 0 Å². The quantitative estimate of drug-likeness (QED) is 0.692. The van der Waals surface area contributed by atoms with Gasteiger partial charge in [0.25, 0.3) is 0 Å². The van der Waals surface area contributed by atoms with Gasteiger partial charge in [-0.2, -0.15) is 0 Å². The van der Waals surface area contributed by atoms with Crippen molar-refractivity contribution in [2.45, 2.75) is 70.1 Å². The number of amides is 1. The summed E-state index contributed by atoms with van der Waals surface area (Å²) < 4.78 is 0. The maximum atomic E-state index is 12.3. The molecule has 2 aliphatic carbocycles. The Labute approximate surface area is 109 Å². The topological polar surface area (TPSA) is 75.4 Å². The van der Waals surface area contributed by atoms with Crippen LogP contribution in [0.1, 0.15) is 51.9 Å². The van der Waals surface area contributed by atoms with Crippen LogP contribution in [0, 0.1) is 11.8 Å². The maximum absolute atomic E-state index is 12.3. The highest BCUT2D eigenvalue weighted by atomic mass is 16.3. The standard InChI is InChI=1S/C14H26N2O2/c1-9-8-10(15)2-7-13(9)14(18)16-11-3-5-12(17)6-4-11/h9-13,17H,2-8,15H2,1H3,(H,16,18). The molecule has 0 saturated heterocycles. The summed E-state index contributed by atoms with van der Waals surface area (Å²) >= 11 is 0. The van der Waals surface area contributed by atoms with Crippen LogP contribution < -0.4 is 11.1 Å². The summed E-state index contributed by atoms with van der Waals surface area (Å²) in [6.45, 7) is 2.13. The molecule has 0 aliphatic heterocycles. The Balaban J connectivity index is 1.80. The van der Waals surface area contributed by atoms with Gasteiger partial charge in [0.1, 0.15) is 0 Å². The van der Waals surface area contributed by atoms with E-state index in [1.54, 1.807) is 0 Å². The Morgan fingerprint density at radius 1 is 1.17 bits per heavy atom. The van der Waals surface area contributed by atoms with Crippen molar-refractivity contribution in [1.82, 2.24) is 5.32 Å². The lowest BCUT2D eigenvalue weighted by Crippen LogP contribution is -2.45. The minimum Gasteiger partial charge on any atom is -0.393 e. The molecule has 0 aromatic rings. The van der Waals surface area contributed by atoms with E-state index in [4.69, 9.17) is 5.73 Å². The molecule has 4 N–H and O–H groups in total. The van der Waals surface area contributed by atoms with Gasteiger partial charge in [-0.25, -0.2) is 0 Å². The van der Waals surface area contributed by atoms with Crippen LogP contribution in [0.3, 0.4) is 0 Å². The second-order valence-electron chi connectivity index (χ2n) is 6.17. The SMILES string of the molecule is CC1CC(N)CCC1C(=O)NC1CCC(O)CC1. The van der Waals surface area contributed by atoms with Gasteiger partial charge in [0.05, 0.1) is 6.10 Å². The van der Waals surface area contributed by atoms with Gasteiger partial charge in [-0.05, 0) is 50.9 Å². The summed E-state index contributed by atoms with van der Waals surface area (Å²) in [5, 5.41) is 12.6. The number of aliphatic hydroxyl groups excluding tert-OH is 1. The molecule has 3 atom stereocenters. The molecule has 4 heteroatoms. The highest BCUT2D eigenvalue weighted by Crippen LogP contribution is 2.29. The van der Waals surface area contributed by atoms with Gasteiger partial charge in [-0.1, -0.05) is 6.92 Å². The maximum Gasteiger partial charge on any atom is 0.223 e. The zero-order chi connectivity index (χ0) is 13.1. The van der Waals surface area contributed by atoms with Gasteiger partial charge in [0.2, 0.25) is 5.91 Å². The van der Waals surface area contributed by atoms with Crippen molar-refractivity contribution in [2.24, 2.45) is 17.6 Å². The highest BCUT2D eigenvalue weighted by molar-refractivity contribution is 5.79. The van der Waals surface area contributed by atoms with Gasteiger partial charge >= 0.3 is 0 Å². The number of hydrogen-bond donors (Lipinski definition) is 3. The fraction of sp³-hybridized carbons (Fsp3) is 0.929. The van der Waals surface area contributed by atoms with Crippen LogP contribution in [0.25, 0.3) is 0 Å². The molecule has 2 rings (SSSR count). The Kier molecular flexibility index (Phi) is 4.62. The van der Waals surface area contributed by atoms with Crippen LogP contribution in [0.4, 0.5) is 0 Å². The highest BCUT2D eigenvalue weighted by Gasteiger charge is 2.32. The van der Waals surface area contributed by atoms with Crippen molar-refractivity contribution in [1.29, 1.82) is 0 Å². The van der Waals surface area contributed by atoms with Crippen LogP contribution in [-0.4, -0.2) is 29.2 Å². The van der Waals surface area contributed by atoms with Crippen molar-refractivity contribution in [3.63, 3.8) is 0 Å². The second kappa shape index (κ2) is 6.02. The molecule has 2 aliphatic rings. The van der Waals surface area contributed by atoms with E-state index >= 15 is 0 Å². The van der Waals surface area contributed by atoms with Crippen molar-refractivity contribution >= 4 is 5.91 Å². The first-order valence-corrected chi connectivity index (χ1v) is 7.30. The summed E-state index contributed by atoms with van der Waals surface area (Å²) in [6, 6.07) is 0.539. The van der Waals surface area contributed by atoms with Gasteiger partial charge < -0.3 is 16.2 Å². The van der Waals surface area contributed by atoms with Crippen molar-refractivity contribution in [2.75, 3.05) is 0 Å². The Morgan fingerprint density at radius 3 is 2.44 bits per heavy atom. The average Bonchev–Trinajstić information content (AvgIpc) is 2.32. The van der Waals surface area contributed by atoms with Crippen LogP contribution >= 0.6 is 0 Å². The molecule has 104 valence electrons. The van der Waals surface area contributed by atoms with Gasteiger partial charge in [-0.15, -0.1) is 0 Å². The number of nitrogens with two attached hydrogens (primary N) is 1. The summed E-state index contributed by atoms with van der Waals surface area (Å²) in [4.78, 5) is 12.3. The summed E-state index contributed by atoms with van der Waals surface area (Å²) in [6.07, 6.45) is 6.13. The van der Waals surface area contributed by atoms with Crippen LogP contribution in [-0.2, 0) is 4.79 Å². The van der Waals surface area contributed by atoms with Gasteiger partial charge in [0, 0.05) is 18.0 Å². The third-order valence-electron chi connectivity index (χ3n) is 4.59. The number of hydrogen-bond acceptors (Lipinski definition) is 3. The first kappa shape index (κ1) is 13.8. The molecule has 2 fully saturated rings. The Bertz CT molecular complexity index is 288. The van der Waals surface area contributed by atoms with Crippen molar-refractivity contribution in [3.05, 3.63) is 0 Å². The molecule has 18 heavy (non-hydrogen) atoms. The van der Waals surface area contributed by atoms with Crippen LogP contribution in [0.5, 0.6) is 0 Å². The minimum absolute atomic E-state index is 0.136. The molecule has 3 unspecified atom stereocenters. The van der Waals surface area contributed by atoms with E-state index in [-0.39, 0.29) is 30.0 Å². The van der Waals surface area contributed by atoms with E-state index in [9.17, 15) is 9.90 Å². The predicted molar refractivity (Wildman–Crippen MR) is 70.9 cm³/mol. The van der Waals surface area contributed by atoms with Crippen LogP contribution in [0.2, 0.25) is 0 Å². The molecular formula is C14H26N2O2. The van der Waals surface area contributed by atoms with E-state index in [1.165, 1.54) is 0 Å². The summed E-state index contributed by atoms with van der Waals surface area (Å²) in [5.74, 6) is 0.732. The molecule has 0 aromatic heterocycles. The lowest BCUT2D eigenvalue weighted by Gasteiger charge is -2.33. The number of carbonyl (C=O) groups excluding carboxylic acids is 1. The molecule has 0 aromatic carbocycles. The van der Waals surface area contributed by atoms with E-state index in [1.807, 2.05) is 0 Å². The van der Waals surface area contributed by atoms with Gasteiger partial charge in [0.15, 0.2) is 0 Å². The summed E-state index contributed by atoms with van der Waals surface area (Å²) in [7, 11) is 0. The molecule has 0 radical (unpaired) electrons. The Hall–Kier alpha value is -0.610. The predicted octanol–water partition coefficient (Wildman–Crippen LogP) is 1.17. The first-order valence-electron chi connectivity index (χ1n) is 7.30. The van der Waals surface area contributed by atoms with E-state index in [2.05, 4.69) is 12.2 Å². The smallest absolute Gasteiger partial charge is 0.223 e. The van der Waals surface area contributed by atoms with E-state index in [0.717, 1.165) is 44.9 Å². The van der Waals surface area contributed by atoms with Crippen molar-refractivity contribution < 1.29 is 9.90 Å². The molecular weight excluding hydrogens is 228 g/mol. The largest absolute Gasteiger partial charge is 0.393 e. The van der Waals surface area contributed by atoms with Gasteiger partial charge in [-0.3, -0.25) is 4.79 Å². The Morgan fingerprint density at radius 2 is 1.83 bits per heavy atom. The van der Waals surface area contributed by atoms with E-state index < -0.39 is 0 Å². The molecule has 0 bridgehead atoms. The molecule has 1 amide bonds. The molecule has 0 spiro atoms. The second-order valence-corrected chi connectivity index (χ2v) is 6.17. The average molecular weight is 254 g/mol. The number of rotatable bonds is 2. The lowest BCUT2D eigenvalue weighted by atomic mass is 9.77. The number of nitrogens with one attached hydrogen (secondary N) is 1. The fourth-order valence-corrected chi connectivity index (χ4v) is 3.36. The zero-order valence-electron chi connectivity index (χ0n) is 11.3. The fourth-order valence-electron chi connectivity index (χ4n) is 3.36. The molecule has 0 heterocycles. The first-order chi connectivity index (χ1) is 8.56. The molecule has 4 nitrogen and oxygen atoms in total. The minimum atomic E-state index is -0.162. The summed E-state index contributed by atoms with van der Waals surface area (Å²) in [5.41, 5.74) is 5.93. The zero-order valence-corrected chi connectivity index (χ0v) is 11.3. The van der Waals surface area contributed by atoms with Crippen LogP contribution in [0.15, 0.2) is 0 Å². The molecule has 2 saturated carbocycles. The normalized spacial score (nSPS) is 41.4. The van der Waals surface area contributed by atoms with E-state index in [0.29, 0.717) is 5.92 Å². The third kappa shape index (κ3) is 3.45. The number of carbonyl (C=O) groups is 1.